The number of hydrogen-bond donors (Lipinski definition) is 0. The highest BCUT2D eigenvalue weighted by Gasteiger charge is 2.10. The van der Waals surface area contributed by atoms with Gasteiger partial charge in [0.25, 0.3) is 0 Å². The van der Waals surface area contributed by atoms with E-state index in [1.165, 1.54) is 25.7 Å². The zero-order valence-corrected chi connectivity index (χ0v) is 13.3. The van der Waals surface area contributed by atoms with E-state index in [2.05, 4.69) is 0 Å². The van der Waals surface area contributed by atoms with E-state index in [-0.39, 0.29) is 0 Å². The van der Waals surface area contributed by atoms with E-state index >= 15 is 0 Å². The summed E-state index contributed by atoms with van der Waals surface area (Å²) < 4.78 is 21.1. The van der Waals surface area contributed by atoms with Crippen LogP contribution in [0.5, 0.6) is 0 Å². The predicted octanol–water partition coefficient (Wildman–Crippen LogP) is 1.57. The Bertz CT molecular complexity index is 125. The third kappa shape index (κ3) is 8.43. The van der Waals surface area contributed by atoms with Gasteiger partial charge >= 0.3 is 18.6 Å². The Morgan fingerprint density at radius 1 is 0.562 bits per heavy atom. The lowest BCUT2D eigenvalue weighted by molar-refractivity contribution is 0.274. The minimum Gasteiger partial charge on any atom is -0.400 e. The number of rotatable bonds is 11. The largest absolute Gasteiger partial charge is 0.400 e. The Balaban J connectivity index is 3.26. The van der Waals surface area contributed by atoms with Gasteiger partial charge in [-0.05, 0) is 12.1 Å². The van der Waals surface area contributed by atoms with E-state index in [1.54, 1.807) is 28.4 Å². The number of unbranched alkanes of at least 4 members (excludes halogenated alkanes) is 3. The molecule has 6 heteroatoms. The van der Waals surface area contributed by atoms with E-state index < -0.39 is 18.6 Å². The molecule has 0 rings (SSSR count). The molecular formula is C10H26O4Si2. The molecule has 0 aliphatic heterocycles. The molecule has 0 saturated heterocycles. The van der Waals surface area contributed by atoms with Crippen molar-refractivity contribution >= 4 is 18.6 Å². The van der Waals surface area contributed by atoms with Crippen molar-refractivity contribution in [2.75, 3.05) is 28.4 Å². The van der Waals surface area contributed by atoms with Crippen LogP contribution in [0.25, 0.3) is 0 Å². The third-order valence-corrected chi connectivity index (χ3v) is 6.54. The summed E-state index contributed by atoms with van der Waals surface area (Å²) in [7, 11) is 4.34. The van der Waals surface area contributed by atoms with E-state index in [1.807, 2.05) is 0 Å². The second-order valence-corrected chi connectivity index (χ2v) is 8.55. The molecule has 0 aromatic rings. The molecule has 0 aliphatic rings. The van der Waals surface area contributed by atoms with Crippen LogP contribution in [0.3, 0.4) is 0 Å². The molecule has 0 amide bonds. The molecule has 0 saturated carbocycles. The maximum absolute atomic E-state index is 5.26. The van der Waals surface area contributed by atoms with Crippen molar-refractivity contribution in [3.8, 4) is 0 Å². The first kappa shape index (κ1) is 16.3. The molecule has 98 valence electrons. The summed E-state index contributed by atoms with van der Waals surface area (Å²) in [6.07, 6.45) is 4.94. The molecule has 0 spiro atoms. The molecule has 0 atom stereocenters. The van der Waals surface area contributed by atoms with E-state index in [4.69, 9.17) is 17.7 Å². The Hall–Kier alpha value is 0.274. The van der Waals surface area contributed by atoms with Crippen molar-refractivity contribution in [2.45, 2.75) is 37.8 Å². The van der Waals surface area contributed by atoms with Gasteiger partial charge in [-0.1, -0.05) is 25.7 Å². The summed E-state index contributed by atoms with van der Waals surface area (Å²) in [6, 6.07) is 2.23. The monoisotopic (exact) mass is 266 g/mol. The van der Waals surface area contributed by atoms with Crippen molar-refractivity contribution in [1.82, 2.24) is 0 Å². The minimum atomic E-state index is -1.32. The Morgan fingerprint density at radius 3 is 1.12 bits per heavy atom. The molecule has 0 heterocycles. The van der Waals surface area contributed by atoms with Crippen LogP contribution in [0.2, 0.25) is 12.1 Å². The Morgan fingerprint density at radius 2 is 0.875 bits per heavy atom. The van der Waals surface area contributed by atoms with Crippen LogP contribution < -0.4 is 0 Å². The van der Waals surface area contributed by atoms with Gasteiger partial charge in [0.1, 0.15) is 0 Å². The lowest BCUT2D eigenvalue weighted by atomic mass is 10.2. The number of hydrogen-bond acceptors (Lipinski definition) is 4. The molecule has 0 N–H and O–H groups in total. The maximum atomic E-state index is 5.26. The highest BCUT2D eigenvalue weighted by Crippen LogP contribution is 2.10. The van der Waals surface area contributed by atoms with Crippen molar-refractivity contribution in [3.05, 3.63) is 0 Å². The molecule has 0 bridgehead atoms. The molecule has 0 aromatic carbocycles. The first-order valence-corrected chi connectivity index (χ1v) is 9.41. The zero-order valence-electron chi connectivity index (χ0n) is 11.0. The molecule has 0 radical (unpaired) electrons. The summed E-state index contributed by atoms with van der Waals surface area (Å²) >= 11 is 0. The van der Waals surface area contributed by atoms with Crippen LogP contribution in [-0.4, -0.2) is 47.0 Å². The molecule has 0 aliphatic carbocycles. The van der Waals surface area contributed by atoms with Crippen LogP contribution in [0.1, 0.15) is 25.7 Å². The van der Waals surface area contributed by atoms with Crippen molar-refractivity contribution in [3.63, 3.8) is 0 Å². The summed E-state index contributed by atoms with van der Waals surface area (Å²) in [6.45, 7) is 0. The fourth-order valence-electron chi connectivity index (χ4n) is 1.64. The molecule has 0 fully saturated rings. The van der Waals surface area contributed by atoms with Crippen LogP contribution in [0.15, 0.2) is 0 Å². The van der Waals surface area contributed by atoms with Gasteiger partial charge in [0.15, 0.2) is 0 Å². The first-order valence-electron chi connectivity index (χ1n) is 5.89. The second kappa shape index (κ2) is 11.8. The first-order chi connectivity index (χ1) is 7.78. The third-order valence-electron chi connectivity index (χ3n) is 2.68. The molecule has 0 unspecified atom stereocenters. The molecule has 16 heavy (non-hydrogen) atoms. The van der Waals surface area contributed by atoms with Gasteiger partial charge < -0.3 is 17.7 Å². The van der Waals surface area contributed by atoms with E-state index in [0.717, 1.165) is 12.1 Å². The normalized spacial score (nSPS) is 11.6. The highest BCUT2D eigenvalue weighted by molar-refractivity contribution is 6.44. The predicted molar refractivity (Wildman–Crippen MR) is 70.4 cm³/mol. The Labute approximate surface area is 103 Å². The molecule has 4 nitrogen and oxygen atoms in total. The fraction of sp³-hybridized carbons (Fsp3) is 1.00. The summed E-state index contributed by atoms with van der Waals surface area (Å²) in [4.78, 5) is 0. The summed E-state index contributed by atoms with van der Waals surface area (Å²) in [5.74, 6) is 0. The lowest BCUT2D eigenvalue weighted by Gasteiger charge is -2.11. The Kier molecular flexibility index (Phi) is 12.0. The van der Waals surface area contributed by atoms with Gasteiger partial charge in [-0.25, -0.2) is 0 Å². The minimum absolute atomic E-state index is 1.11. The van der Waals surface area contributed by atoms with Crippen molar-refractivity contribution in [2.24, 2.45) is 0 Å². The van der Waals surface area contributed by atoms with Gasteiger partial charge in [0.05, 0.1) is 0 Å². The van der Waals surface area contributed by atoms with Gasteiger partial charge in [0.2, 0.25) is 0 Å². The fourth-order valence-corrected chi connectivity index (χ4v) is 4.21. The van der Waals surface area contributed by atoms with Gasteiger partial charge in [-0.3, -0.25) is 0 Å². The summed E-state index contributed by atoms with van der Waals surface area (Å²) in [5.41, 5.74) is 0. The second-order valence-electron chi connectivity index (χ2n) is 3.79. The van der Waals surface area contributed by atoms with Crippen molar-refractivity contribution in [1.29, 1.82) is 0 Å². The van der Waals surface area contributed by atoms with Crippen molar-refractivity contribution < 1.29 is 17.7 Å². The van der Waals surface area contributed by atoms with E-state index in [9.17, 15) is 0 Å². The quantitative estimate of drug-likeness (QED) is 0.420. The van der Waals surface area contributed by atoms with Gasteiger partial charge in [0, 0.05) is 28.4 Å². The van der Waals surface area contributed by atoms with Crippen LogP contribution in [0.4, 0.5) is 0 Å². The van der Waals surface area contributed by atoms with E-state index in [0.29, 0.717) is 0 Å². The van der Waals surface area contributed by atoms with Crippen LogP contribution >= 0.6 is 0 Å². The SMILES string of the molecule is CO[SiH](CCCCCC[SiH](OC)OC)OC. The molecule has 0 aromatic heterocycles. The topological polar surface area (TPSA) is 36.9 Å². The lowest BCUT2D eigenvalue weighted by Crippen LogP contribution is -2.19. The summed E-state index contributed by atoms with van der Waals surface area (Å²) in [5, 5.41) is 0. The smallest absolute Gasteiger partial charge is 0.320 e. The average molecular weight is 266 g/mol. The standard InChI is InChI=1S/C10H26O4Si2/c1-11-15(12-2)9-7-5-6-8-10-16(13-3)14-4/h15-16H,5-10H2,1-4H3. The van der Waals surface area contributed by atoms with Gasteiger partial charge in [-0.15, -0.1) is 0 Å². The zero-order chi connectivity index (χ0) is 12.2. The average Bonchev–Trinajstić information content (AvgIpc) is 2.33. The highest BCUT2D eigenvalue weighted by atomic mass is 28.3. The molecular weight excluding hydrogens is 240 g/mol. The van der Waals surface area contributed by atoms with Crippen LogP contribution in [0, 0.1) is 0 Å². The van der Waals surface area contributed by atoms with Gasteiger partial charge in [-0.2, -0.15) is 0 Å². The van der Waals surface area contributed by atoms with Crippen LogP contribution in [-0.2, 0) is 17.7 Å². The maximum Gasteiger partial charge on any atom is 0.320 e.